The zero-order chi connectivity index (χ0) is 19.6. The van der Waals surface area contributed by atoms with Crippen LogP contribution in [0.1, 0.15) is 25.3 Å². The maximum atomic E-state index is 11.0. The molecule has 0 unspecified atom stereocenters. The van der Waals surface area contributed by atoms with Crippen molar-refractivity contribution in [1.82, 2.24) is 0 Å². The molecular formula is C18H24N2O5S. The zero-order valence-corrected chi connectivity index (χ0v) is 16.1. The Morgan fingerprint density at radius 2 is 2.08 bits per heavy atom. The molecule has 0 saturated heterocycles. The van der Waals surface area contributed by atoms with Crippen LogP contribution >= 0.6 is 0 Å². The van der Waals surface area contributed by atoms with Crippen molar-refractivity contribution in [2.24, 2.45) is 0 Å². The SMILES string of the molecule is CCCN(CCCOS(C)(=O)=O)c1ccc(C=C(C#N)C=O)c(OC)c1. The van der Waals surface area contributed by atoms with E-state index in [0.29, 0.717) is 30.6 Å². The van der Waals surface area contributed by atoms with E-state index < -0.39 is 10.1 Å². The number of carbonyl (C=O) groups is 1. The number of rotatable bonds is 11. The number of ether oxygens (including phenoxy) is 1. The maximum absolute atomic E-state index is 11.0. The minimum Gasteiger partial charge on any atom is -0.496 e. The third kappa shape index (κ3) is 7.25. The molecule has 0 heterocycles. The van der Waals surface area contributed by atoms with Gasteiger partial charge in [-0.1, -0.05) is 6.92 Å². The summed E-state index contributed by atoms with van der Waals surface area (Å²) in [5, 5.41) is 8.89. The first-order valence-electron chi connectivity index (χ1n) is 8.19. The number of aldehydes is 1. The molecule has 26 heavy (non-hydrogen) atoms. The molecule has 8 heteroatoms. The summed E-state index contributed by atoms with van der Waals surface area (Å²) in [5.41, 5.74) is 1.56. The third-order valence-electron chi connectivity index (χ3n) is 3.51. The normalized spacial score (nSPS) is 11.7. The van der Waals surface area contributed by atoms with Gasteiger partial charge in [0.2, 0.25) is 0 Å². The van der Waals surface area contributed by atoms with Gasteiger partial charge in [0.05, 0.1) is 25.5 Å². The molecule has 0 fully saturated rings. The van der Waals surface area contributed by atoms with Gasteiger partial charge in [-0.15, -0.1) is 0 Å². The Morgan fingerprint density at radius 1 is 1.35 bits per heavy atom. The van der Waals surface area contributed by atoms with Crippen molar-refractivity contribution in [2.75, 3.05) is 38.0 Å². The smallest absolute Gasteiger partial charge is 0.264 e. The molecule has 1 aromatic rings. The molecule has 0 saturated carbocycles. The van der Waals surface area contributed by atoms with Crippen LogP contribution in [0, 0.1) is 11.3 Å². The molecule has 7 nitrogen and oxygen atoms in total. The largest absolute Gasteiger partial charge is 0.496 e. The van der Waals surface area contributed by atoms with Crippen molar-refractivity contribution >= 4 is 28.2 Å². The van der Waals surface area contributed by atoms with Crippen LogP contribution in [0.5, 0.6) is 5.75 Å². The first-order chi connectivity index (χ1) is 12.3. The molecule has 1 aromatic carbocycles. The Hall–Kier alpha value is -2.37. The lowest BCUT2D eigenvalue weighted by molar-refractivity contribution is -0.104. The number of nitrogens with zero attached hydrogens (tertiary/aromatic N) is 2. The highest BCUT2D eigenvalue weighted by Gasteiger charge is 2.11. The highest BCUT2D eigenvalue weighted by molar-refractivity contribution is 7.85. The van der Waals surface area contributed by atoms with E-state index in [1.54, 1.807) is 6.07 Å². The van der Waals surface area contributed by atoms with Crippen LogP contribution < -0.4 is 9.64 Å². The molecule has 0 aliphatic carbocycles. The number of carbonyl (C=O) groups excluding carboxylic acids is 1. The lowest BCUT2D eigenvalue weighted by atomic mass is 10.1. The highest BCUT2D eigenvalue weighted by atomic mass is 32.2. The van der Waals surface area contributed by atoms with Crippen molar-refractivity contribution in [3.8, 4) is 11.8 Å². The standard InChI is InChI=1S/C18H24N2O5S/c1-4-8-20(9-5-10-25-26(3,22)23)17-7-6-16(18(12-17)24-2)11-15(13-19)14-21/h6-7,11-12,14H,4-5,8-10H2,1-3H3. The molecule has 0 bridgehead atoms. The summed E-state index contributed by atoms with van der Waals surface area (Å²) in [5.74, 6) is 0.547. The Morgan fingerprint density at radius 3 is 2.62 bits per heavy atom. The van der Waals surface area contributed by atoms with Crippen LogP contribution in [-0.4, -0.2) is 47.8 Å². The Kier molecular flexibility index (Phi) is 8.82. The molecule has 142 valence electrons. The summed E-state index contributed by atoms with van der Waals surface area (Å²) < 4.78 is 32.2. The number of methoxy groups -OCH3 is 1. The van der Waals surface area contributed by atoms with Gasteiger partial charge in [0.25, 0.3) is 10.1 Å². The minimum atomic E-state index is -3.43. The average molecular weight is 380 g/mol. The van der Waals surface area contributed by atoms with Crippen LogP contribution in [0.3, 0.4) is 0 Å². The van der Waals surface area contributed by atoms with Crippen LogP contribution in [0.4, 0.5) is 5.69 Å². The topological polar surface area (TPSA) is 96.7 Å². The van der Waals surface area contributed by atoms with Gasteiger partial charge in [-0.2, -0.15) is 13.7 Å². The van der Waals surface area contributed by atoms with E-state index in [2.05, 4.69) is 11.8 Å². The number of hydrogen-bond donors (Lipinski definition) is 0. The van der Waals surface area contributed by atoms with E-state index in [4.69, 9.17) is 14.2 Å². The van der Waals surface area contributed by atoms with Gasteiger partial charge in [0.1, 0.15) is 11.8 Å². The highest BCUT2D eigenvalue weighted by Crippen LogP contribution is 2.27. The molecule has 0 aromatic heterocycles. The van der Waals surface area contributed by atoms with Crippen LogP contribution in [0.25, 0.3) is 6.08 Å². The molecule has 0 atom stereocenters. The first kappa shape index (κ1) is 21.7. The second-order valence-corrected chi connectivity index (χ2v) is 7.27. The van der Waals surface area contributed by atoms with E-state index in [9.17, 15) is 13.2 Å². The van der Waals surface area contributed by atoms with Crippen molar-refractivity contribution in [1.29, 1.82) is 5.26 Å². The predicted octanol–water partition coefficient (Wildman–Crippen LogP) is 2.38. The lowest BCUT2D eigenvalue weighted by Gasteiger charge is -2.25. The van der Waals surface area contributed by atoms with Crippen LogP contribution in [0.2, 0.25) is 0 Å². The number of nitriles is 1. The Bertz CT molecular complexity index is 781. The summed E-state index contributed by atoms with van der Waals surface area (Å²) in [6, 6.07) is 7.31. The molecule has 0 spiro atoms. The molecular weight excluding hydrogens is 356 g/mol. The van der Waals surface area contributed by atoms with Gasteiger partial charge >= 0.3 is 0 Å². The van der Waals surface area contributed by atoms with Gasteiger partial charge in [-0.05, 0) is 31.1 Å². The van der Waals surface area contributed by atoms with Crippen LogP contribution in [0.15, 0.2) is 23.8 Å². The van der Waals surface area contributed by atoms with Gasteiger partial charge < -0.3 is 9.64 Å². The molecule has 0 aliphatic rings. The maximum Gasteiger partial charge on any atom is 0.264 e. The number of hydrogen-bond acceptors (Lipinski definition) is 7. The van der Waals surface area contributed by atoms with E-state index in [1.165, 1.54) is 13.2 Å². The van der Waals surface area contributed by atoms with E-state index in [1.807, 2.05) is 18.2 Å². The second kappa shape index (κ2) is 10.6. The van der Waals surface area contributed by atoms with Gasteiger partial charge in [-0.3, -0.25) is 8.98 Å². The van der Waals surface area contributed by atoms with Gasteiger partial charge in [0, 0.05) is 30.4 Å². The number of allylic oxidation sites excluding steroid dienone is 1. The first-order valence-corrected chi connectivity index (χ1v) is 10.0. The lowest BCUT2D eigenvalue weighted by Crippen LogP contribution is -2.26. The molecule has 0 N–H and O–H groups in total. The predicted molar refractivity (Wildman–Crippen MR) is 101 cm³/mol. The molecule has 1 rings (SSSR count). The number of anilines is 1. The van der Waals surface area contributed by atoms with Crippen molar-refractivity contribution in [2.45, 2.75) is 19.8 Å². The summed E-state index contributed by atoms with van der Waals surface area (Å²) >= 11 is 0. The summed E-state index contributed by atoms with van der Waals surface area (Å²) in [6.07, 6.45) is 4.47. The average Bonchev–Trinajstić information content (AvgIpc) is 2.61. The minimum absolute atomic E-state index is 0.0133. The van der Waals surface area contributed by atoms with Gasteiger partial charge in [0.15, 0.2) is 6.29 Å². The molecule has 0 radical (unpaired) electrons. The number of benzene rings is 1. The summed E-state index contributed by atoms with van der Waals surface area (Å²) in [4.78, 5) is 12.9. The van der Waals surface area contributed by atoms with E-state index in [0.717, 1.165) is 24.9 Å². The van der Waals surface area contributed by atoms with Crippen molar-refractivity contribution in [3.05, 3.63) is 29.3 Å². The zero-order valence-electron chi connectivity index (χ0n) is 15.3. The third-order valence-corrected chi connectivity index (χ3v) is 4.11. The van der Waals surface area contributed by atoms with Gasteiger partial charge in [-0.25, -0.2) is 0 Å². The second-order valence-electron chi connectivity index (χ2n) is 5.62. The van der Waals surface area contributed by atoms with E-state index in [-0.39, 0.29) is 12.2 Å². The fraction of sp³-hybridized carbons (Fsp3) is 0.444. The Balaban J connectivity index is 2.96. The van der Waals surface area contributed by atoms with Crippen molar-refractivity contribution < 1.29 is 22.1 Å². The molecule has 0 aliphatic heterocycles. The summed E-state index contributed by atoms with van der Waals surface area (Å²) in [6.45, 7) is 3.59. The summed E-state index contributed by atoms with van der Waals surface area (Å²) in [7, 11) is -1.91. The fourth-order valence-electron chi connectivity index (χ4n) is 2.38. The van der Waals surface area contributed by atoms with Crippen LogP contribution in [-0.2, 0) is 19.1 Å². The quantitative estimate of drug-likeness (QED) is 0.191. The molecule has 0 amide bonds. The Labute approximate surface area is 154 Å². The monoisotopic (exact) mass is 380 g/mol. The van der Waals surface area contributed by atoms with Crippen molar-refractivity contribution in [3.63, 3.8) is 0 Å². The van der Waals surface area contributed by atoms with E-state index >= 15 is 0 Å². The fourth-order valence-corrected chi connectivity index (χ4v) is 2.80.